The van der Waals surface area contributed by atoms with Crippen LogP contribution in [0.3, 0.4) is 0 Å². The Morgan fingerprint density at radius 2 is 1.88 bits per heavy atom. The average molecular weight is 358 g/mol. The van der Waals surface area contributed by atoms with Crippen LogP contribution in [0.15, 0.2) is 24.3 Å². The quantitative estimate of drug-likeness (QED) is 0.734. The molecule has 5 nitrogen and oxygen atoms in total. The average Bonchev–Trinajstić information content (AvgIpc) is 3.19. The van der Waals surface area contributed by atoms with E-state index >= 15 is 0 Å². The number of amides is 2. The smallest absolute Gasteiger partial charge is 0.245 e. The molecule has 0 N–H and O–H groups in total. The fourth-order valence-electron chi connectivity index (χ4n) is 3.90. The van der Waals surface area contributed by atoms with Crippen molar-refractivity contribution in [3.05, 3.63) is 29.8 Å². The summed E-state index contributed by atoms with van der Waals surface area (Å²) in [5.41, 5.74) is 1.16. The molecule has 2 heterocycles. The first kappa shape index (κ1) is 18.7. The van der Waals surface area contributed by atoms with E-state index in [1.807, 2.05) is 41.0 Å². The van der Waals surface area contributed by atoms with E-state index < -0.39 is 0 Å². The van der Waals surface area contributed by atoms with Crippen LogP contribution in [-0.4, -0.2) is 53.9 Å². The Morgan fingerprint density at radius 1 is 1.12 bits per heavy atom. The molecule has 1 aromatic rings. The van der Waals surface area contributed by atoms with Gasteiger partial charge in [0.05, 0.1) is 6.61 Å². The summed E-state index contributed by atoms with van der Waals surface area (Å²) in [6, 6.07) is 7.69. The fourth-order valence-corrected chi connectivity index (χ4v) is 3.90. The summed E-state index contributed by atoms with van der Waals surface area (Å²) in [6.07, 6.45) is 6.12. The number of rotatable bonds is 6. The van der Waals surface area contributed by atoms with Crippen LogP contribution in [0.4, 0.5) is 0 Å². The van der Waals surface area contributed by atoms with Crippen LogP contribution in [0.25, 0.3) is 0 Å². The van der Waals surface area contributed by atoms with Crippen LogP contribution < -0.4 is 4.74 Å². The van der Waals surface area contributed by atoms with Crippen LogP contribution in [0.5, 0.6) is 5.75 Å². The highest BCUT2D eigenvalue weighted by atomic mass is 16.5. The van der Waals surface area contributed by atoms with Crippen LogP contribution in [0.1, 0.15) is 50.5 Å². The molecule has 1 aromatic carbocycles. The van der Waals surface area contributed by atoms with Crippen LogP contribution in [0.2, 0.25) is 0 Å². The fraction of sp³-hybridized carbons (Fsp3) is 0.619. The Morgan fingerprint density at radius 3 is 2.65 bits per heavy atom. The molecule has 0 aliphatic carbocycles. The summed E-state index contributed by atoms with van der Waals surface area (Å²) in [6.45, 7) is 4.96. The number of hydrogen-bond acceptors (Lipinski definition) is 3. The van der Waals surface area contributed by atoms with Crippen molar-refractivity contribution in [3.8, 4) is 5.75 Å². The predicted molar refractivity (Wildman–Crippen MR) is 101 cm³/mol. The van der Waals surface area contributed by atoms with Crippen molar-refractivity contribution in [1.82, 2.24) is 9.80 Å². The van der Waals surface area contributed by atoms with Gasteiger partial charge in [-0.15, -0.1) is 0 Å². The Labute approximate surface area is 156 Å². The maximum Gasteiger partial charge on any atom is 0.245 e. The highest BCUT2D eigenvalue weighted by Gasteiger charge is 2.35. The lowest BCUT2D eigenvalue weighted by molar-refractivity contribution is -0.147. The number of nitrogens with zero attached hydrogens (tertiary/aromatic N) is 2. The van der Waals surface area contributed by atoms with Gasteiger partial charge in [0.25, 0.3) is 0 Å². The lowest BCUT2D eigenvalue weighted by atomic mass is 10.00. The first-order chi connectivity index (χ1) is 12.6. The zero-order valence-corrected chi connectivity index (χ0v) is 15.8. The number of hydrogen-bond donors (Lipinski definition) is 0. The molecule has 2 fully saturated rings. The molecule has 0 aromatic heterocycles. The van der Waals surface area contributed by atoms with Gasteiger partial charge in [-0.3, -0.25) is 9.59 Å². The number of piperidine rings is 1. The first-order valence-electron chi connectivity index (χ1n) is 9.93. The third-order valence-corrected chi connectivity index (χ3v) is 5.32. The Hall–Kier alpha value is -2.04. The standard InChI is InChI=1S/C21H30N2O3/c1-17-8-6-9-18(16-17)26-15-7-11-20(24)23-14-3-2-10-19(23)21(25)22-12-4-5-13-22/h6,8-9,16,19H,2-5,7,10-15H2,1H3. The van der Waals surface area contributed by atoms with Gasteiger partial charge in [-0.1, -0.05) is 12.1 Å². The second kappa shape index (κ2) is 9.06. The van der Waals surface area contributed by atoms with E-state index in [0.29, 0.717) is 26.0 Å². The highest BCUT2D eigenvalue weighted by molar-refractivity contribution is 5.88. The largest absolute Gasteiger partial charge is 0.494 e. The number of benzene rings is 1. The van der Waals surface area contributed by atoms with Gasteiger partial charge in [-0.2, -0.15) is 0 Å². The normalized spacial score (nSPS) is 20.3. The molecule has 2 saturated heterocycles. The summed E-state index contributed by atoms with van der Waals surface area (Å²) in [4.78, 5) is 29.2. The molecule has 2 amide bonds. The molecule has 2 aliphatic rings. The third kappa shape index (κ3) is 4.77. The van der Waals surface area contributed by atoms with E-state index in [0.717, 1.165) is 56.5 Å². The predicted octanol–water partition coefficient (Wildman–Crippen LogP) is 3.16. The highest BCUT2D eigenvalue weighted by Crippen LogP contribution is 2.22. The van der Waals surface area contributed by atoms with Crippen molar-refractivity contribution < 1.29 is 14.3 Å². The molecular formula is C21H30N2O3. The maximum atomic E-state index is 12.8. The number of carbonyl (C=O) groups excluding carboxylic acids is 2. The summed E-state index contributed by atoms with van der Waals surface area (Å²) in [5.74, 6) is 1.10. The van der Waals surface area contributed by atoms with Crippen molar-refractivity contribution >= 4 is 11.8 Å². The lowest BCUT2D eigenvalue weighted by Gasteiger charge is -2.36. The zero-order valence-electron chi connectivity index (χ0n) is 15.8. The summed E-state index contributed by atoms with van der Waals surface area (Å²) < 4.78 is 5.73. The van der Waals surface area contributed by atoms with E-state index in [4.69, 9.17) is 4.74 Å². The molecule has 5 heteroatoms. The third-order valence-electron chi connectivity index (χ3n) is 5.32. The molecule has 26 heavy (non-hydrogen) atoms. The van der Waals surface area contributed by atoms with Gasteiger partial charge >= 0.3 is 0 Å². The molecule has 0 bridgehead atoms. The zero-order chi connectivity index (χ0) is 18.4. The van der Waals surface area contributed by atoms with Gasteiger partial charge in [-0.05, 0) is 63.1 Å². The second-order valence-corrected chi connectivity index (χ2v) is 7.40. The number of likely N-dealkylation sites (tertiary alicyclic amines) is 2. The van der Waals surface area contributed by atoms with Crippen molar-refractivity contribution in [2.24, 2.45) is 0 Å². The maximum absolute atomic E-state index is 12.8. The minimum Gasteiger partial charge on any atom is -0.494 e. The van der Waals surface area contributed by atoms with E-state index in [1.54, 1.807) is 0 Å². The Bertz CT molecular complexity index is 625. The molecular weight excluding hydrogens is 328 g/mol. The van der Waals surface area contributed by atoms with E-state index in [-0.39, 0.29) is 17.9 Å². The van der Waals surface area contributed by atoms with Crippen molar-refractivity contribution in [2.75, 3.05) is 26.2 Å². The van der Waals surface area contributed by atoms with E-state index in [1.165, 1.54) is 0 Å². The van der Waals surface area contributed by atoms with Crippen LogP contribution in [-0.2, 0) is 9.59 Å². The molecule has 1 atom stereocenters. The van der Waals surface area contributed by atoms with Crippen LogP contribution in [0, 0.1) is 6.92 Å². The lowest BCUT2D eigenvalue weighted by Crippen LogP contribution is -2.52. The minimum atomic E-state index is -0.243. The van der Waals surface area contributed by atoms with E-state index in [9.17, 15) is 9.59 Å². The molecule has 0 radical (unpaired) electrons. The number of aryl methyl sites for hydroxylation is 1. The second-order valence-electron chi connectivity index (χ2n) is 7.40. The number of carbonyl (C=O) groups is 2. The molecule has 0 saturated carbocycles. The summed E-state index contributed by atoms with van der Waals surface area (Å²) in [7, 11) is 0. The summed E-state index contributed by atoms with van der Waals surface area (Å²) in [5, 5.41) is 0. The van der Waals surface area contributed by atoms with Gasteiger partial charge < -0.3 is 14.5 Å². The molecule has 0 spiro atoms. The van der Waals surface area contributed by atoms with Gasteiger partial charge in [-0.25, -0.2) is 0 Å². The van der Waals surface area contributed by atoms with Gasteiger partial charge in [0.15, 0.2) is 0 Å². The Kier molecular flexibility index (Phi) is 6.53. The van der Waals surface area contributed by atoms with Gasteiger partial charge in [0, 0.05) is 26.1 Å². The SMILES string of the molecule is Cc1cccc(OCCCC(=O)N2CCCCC2C(=O)N2CCCC2)c1. The van der Waals surface area contributed by atoms with Crippen molar-refractivity contribution in [3.63, 3.8) is 0 Å². The Balaban J connectivity index is 1.47. The molecule has 3 rings (SSSR count). The van der Waals surface area contributed by atoms with Crippen molar-refractivity contribution in [1.29, 1.82) is 0 Å². The first-order valence-corrected chi connectivity index (χ1v) is 9.93. The molecule has 1 unspecified atom stereocenters. The van der Waals surface area contributed by atoms with Gasteiger partial charge in [0.2, 0.25) is 11.8 Å². The summed E-state index contributed by atoms with van der Waals surface area (Å²) >= 11 is 0. The van der Waals surface area contributed by atoms with Gasteiger partial charge in [0.1, 0.15) is 11.8 Å². The van der Waals surface area contributed by atoms with Crippen molar-refractivity contribution in [2.45, 2.75) is 57.9 Å². The topological polar surface area (TPSA) is 49.9 Å². The van der Waals surface area contributed by atoms with Crippen LogP contribution >= 0.6 is 0 Å². The monoisotopic (exact) mass is 358 g/mol. The minimum absolute atomic E-state index is 0.0927. The molecule has 142 valence electrons. The van der Waals surface area contributed by atoms with E-state index in [2.05, 4.69) is 0 Å². The molecule has 2 aliphatic heterocycles. The number of ether oxygens (including phenoxy) is 1.